The Balaban J connectivity index is 4.63. The molecule has 0 aliphatic carbocycles. The van der Waals surface area contributed by atoms with E-state index in [1.54, 1.807) is 6.92 Å². The van der Waals surface area contributed by atoms with E-state index in [9.17, 15) is 8.42 Å². The van der Waals surface area contributed by atoms with Gasteiger partial charge < -0.3 is 4.43 Å². The first-order valence-corrected chi connectivity index (χ1v) is 10.9. The van der Waals surface area contributed by atoms with Crippen molar-refractivity contribution in [1.29, 1.82) is 0 Å². The molecule has 0 saturated heterocycles. The molecule has 0 aromatic heterocycles. The molecule has 4 nitrogen and oxygen atoms in total. The first-order valence-electron chi connectivity index (χ1n) is 6.38. The number of sulfonamides is 1. The second-order valence-electron chi connectivity index (χ2n) is 6.94. The van der Waals surface area contributed by atoms with Crippen molar-refractivity contribution in [2.75, 3.05) is 12.4 Å². The molecule has 110 valence electrons. The Labute approximate surface area is 114 Å². The summed E-state index contributed by atoms with van der Waals surface area (Å²) in [6.45, 7) is 16.6. The van der Waals surface area contributed by atoms with Gasteiger partial charge >= 0.3 is 0 Å². The van der Waals surface area contributed by atoms with Gasteiger partial charge in [0.1, 0.15) is 0 Å². The monoisotopic (exact) mass is 295 g/mol. The second kappa shape index (κ2) is 5.61. The van der Waals surface area contributed by atoms with Crippen molar-refractivity contribution in [3.8, 4) is 0 Å². The molecule has 0 amide bonds. The Morgan fingerprint density at radius 2 is 1.56 bits per heavy atom. The van der Waals surface area contributed by atoms with Crippen molar-refractivity contribution < 1.29 is 12.8 Å². The van der Waals surface area contributed by atoms with E-state index in [4.69, 9.17) is 4.43 Å². The number of rotatable bonds is 6. The minimum Gasteiger partial charge on any atom is -0.415 e. The summed E-state index contributed by atoms with van der Waals surface area (Å²) in [5.41, 5.74) is -0.565. The van der Waals surface area contributed by atoms with Gasteiger partial charge in [-0.15, -0.1) is 0 Å². The van der Waals surface area contributed by atoms with Crippen molar-refractivity contribution in [2.45, 2.75) is 65.2 Å². The van der Waals surface area contributed by atoms with E-state index < -0.39 is 23.9 Å². The third-order valence-electron chi connectivity index (χ3n) is 3.41. The van der Waals surface area contributed by atoms with E-state index in [-0.39, 0.29) is 10.8 Å². The molecular weight excluding hydrogens is 266 g/mol. The lowest BCUT2D eigenvalue weighted by atomic mass is 10.1. The van der Waals surface area contributed by atoms with Gasteiger partial charge in [-0.05, 0) is 38.9 Å². The molecule has 0 bridgehead atoms. The fourth-order valence-corrected chi connectivity index (χ4v) is 3.30. The van der Waals surface area contributed by atoms with E-state index in [0.29, 0.717) is 6.61 Å². The predicted octanol–water partition coefficient (Wildman–Crippen LogP) is 2.73. The Morgan fingerprint density at radius 3 is 1.89 bits per heavy atom. The molecule has 18 heavy (non-hydrogen) atoms. The van der Waals surface area contributed by atoms with Gasteiger partial charge in [0.2, 0.25) is 10.0 Å². The predicted molar refractivity (Wildman–Crippen MR) is 79.8 cm³/mol. The van der Waals surface area contributed by atoms with Gasteiger partial charge in [0.05, 0.1) is 12.4 Å². The van der Waals surface area contributed by atoms with E-state index in [1.807, 2.05) is 13.8 Å². The van der Waals surface area contributed by atoms with Crippen LogP contribution in [0.2, 0.25) is 18.1 Å². The Kier molecular flexibility index (Phi) is 5.63. The van der Waals surface area contributed by atoms with Crippen LogP contribution in [0.3, 0.4) is 0 Å². The molecule has 0 aromatic rings. The average Bonchev–Trinajstić information content (AvgIpc) is 2.12. The van der Waals surface area contributed by atoms with Crippen molar-refractivity contribution in [1.82, 2.24) is 4.72 Å². The van der Waals surface area contributed by atoms with Crippen LogP contribution in [-0.4, -0.2) is 34.6 Å². The molecule has 0 unspecified atom stereocenters. The average molecular weight is 296 g/mol. The van der Waals surface area contributed by atoms with E-state index in [2.05, 4.69) is 38.6 Å². The molecule has 0 aromatic carbocycles. The fourth-order valence-electron chi connectivity index (χ4n) is 1.10. The highest BCUT2D eigenvalue weighted by atomic mass is 32.2. The minimum atomic E-state index is -3.19. The third-order valence-corrected chi connectivity index (χ3v) is 9.51. The summed E-state index contributed by atoms with van der Waals surface area (Å²) in [6, 6.07) is 0. The second-order valence-corrected chi connectivity index (χ2v) is 13.8. The topological polar surface area (TPSA) is 55.4 Å². The number of hydrogen-bond acceptors (Lipinski definition) is 3. The van der Waals surface area contributed by atoms with Crippen molar-refractivity contribution in [3.05, 3.63) is 0 Å². The molecule has 0 fully saturated rings. The Hall–Kier alpha value is 0.0869. The summed E-state index contributed by atoms with van der Waals surface area (Å²) in [5.74, 6) is 0.0938. The van der Waals surface area contributed by atoms with Gasteiger partial charge in [-0.2, -0.15) is 0 Å². The zero-order valence-electron chi connectivity index (χ0n) is 13.0. The third kappa shape index (κ3) is 5.82. The van der Waals surface area contributed by atoms with Crippen molar-refractivity contribution in [3.63, 3.8) is 0 Å². The summed E-state index contributed by atoms with van der Waals surface area (Å²) in [5, 5.41) is 0.132. The number of nitrogens with one attached hydrogen (secondary N) is 1. The van der Waals surface area contributed by atoms with Crippen LogP contribution < -0.4 is 4.72 Å². The van der Waals surface area contributed by atoms with Crippen LogP contribution in [-0.2, 0) is 14.4 Å². The summed E-state index contributed by atoms with van der Waals surface area (Å²) < 4.78 is 31.9. The van der Waals surface area contributed by atoms with Gasteiger partial charge in [0, 0.05) is 5.54 Å². The van der Waals surface area contributed by atoms with Crippen LogP contribution in [0.25, 0.3) is 0 Å². The maximum atomic E-state index is 11.6. The summed E-state index contributed by atoms with van der Waals surface area (Å²) in [4.78, 5) is 0. The summed E-state index contributed by atoms with van der Waals surface area (Å²) >= 11 is 0. The molecule has 6 heteroatoms. The summed E-state index contributed by atoms with van der Waals surface area (Å²) in [7, 11) is -5.03. The molecule has 0 saturated carbocycles. The Morgan fingerprint density at radius 1 is 1.11 bits per heavy atom. The van der Waals surface area contributed by atoms with Crippen LogP contribution in [0.4, 0.5) is 0 Å². The van der Waals surface area contributed by atoms with Crippen molar-refractivity contribution >= 4 is 18.3 Å². The largest absolute Gasteiger partial charge is 0.415 e. The van der Waals surface area contributed by atoms with Crippen LogP contribution in [0.15, 0.2) is 0 Å². The standard InChI is InChI=1S/C12H29NO3SSi/c1-9-17(14,15)13-12(5,6)10-16-18(7,8)11(2,3)4/h13H,9-10H2,1-8H3. The quantitative estimate of drug-likeness (QED) is 0.767. The SMILES string of the molecule is CCS(=O)(=O)NC(C)(C)CO[Si](C)(C)C(C)(C)C. The number of hydrogen-bond donors (Lipinski definition) is 1. The molecule has 0 heterocycles. The molecule has 0 aliphatic rings. The van der Waals surface area contributed by atoms with Crippen LogP contribution in [0.5, 0.6) is 0 Å². The molecule has 0 spiro atoms. The van der Waals surface area contributed by atoms with Gasteiger partial charge in [-0.25, -0.2) is 13.1 Å². The van der Waals surface area contributed by atoms with Crippen LogP contribution >= 0.6 is 0 Å². The fraction of sp³-hybridized carbons (Fsp3) is 1.00. The highest BCUT2D eigenvalue weighted by molar-refractivity contribution is 7.89. The van der Waals surface area contributed by atoms with Gasteiger partial charge in [0.25, 0.3) is 0 Å². The van der Waals surface area contributed by atoms with Gasteiger partial charge in [-0.3, -0.25) is 0 Å². The summed E-state index contributed by atoms with van der Waals surface area (Å²) in [6.07, 6.45) is 0. The molecule has 0 atom stereocenters. The van der Waals surface area contributed by atoms with Crippen LogP contribution in [0.1, 0.15) is 41.5 Å². The smallest absolute Gasteiger partial charge is 0.211 e. The molecule has 0 radical (unpaired) electrons. The normalized spacial score (nSPS) is 14.9. The van der Waals surface area contributed by atoms with E-state index >= 15 is 0 Å². The lowest BCUT2D eigenvalue weighted by Crippen LogP contribution is -2.51. The van der Waals surface area contributed by atoms with Crippen LogP contribution in [0, 0.1) is 0 Å². The van der Waals surface area contributed by atoms with Gasteiger partial charge in [0.15, 0.2) is 8.32 Å². The lowest BCUT2D eigenvalue weighted by Gasteiger charge is -2.39. The lowest BCUT2D eigenvalue weighted by molar-refractivity contribution is 0.211. The van der Waals surface area contributed by atoms with E-state index in [0.717, 1.165) is 0 Å². The Bertz CT molecular complexity index is 369. The zero-order valence-corrected chi connectivity index (χ0v) is 14.9. The molecule has 0 aliphatic heterocycles. The first kappa shape index (κ1) is 18.1. The molecule has 0 rings (SSSR count). The molecule has 1 N–H and O–H groups in total. The highest BCUT2D eigenvalue weighted by Gasteiger charge is 2.38. The maximum absolute atomic E-state index is 11.6. The van der Waals surface area contributed by atoms with Gasteiger partial charge in [-0.1, -0.05) is 20.8 Å². The zero-order chi connectivity index (χ0) is 14.8. The molecular formula is C12H29NO3SSi. The van der Waals surface area contributed by atoms with Crippen molar-refractivity contribution in [2.24, 2.45) is 0 Å². The first-order chi connectivity index (χ1) is 7.72. The van der Waals surface area contributed by atoms with E-state index in [1.165, 1.54) is 0 Å². The minimum absolute atomic E-state index is 0.0938. The maximum Gasteiger partial charge on any atom is 0.211 e. The highest BCUT2D eigenvalue weighted by Crippen LogP contribution is 2.36.